The van der Waals surface area contributed by atoms with Gasteiger partial charge >= 0.3 is 60.8 Å². The fourth-order valence-electron chi connectivity index (χ4n) is 0.0340. The van der Waals surface area contributed by atoms with E-state index in [0.717, 1.165) is 0 Å². The van der Waals surface area contributed by atoms with Gasteiger partial charge in [-0.1, -0.05) is 0 Å². The molecule has 0 atom stereocenters. The Balaban J connectivity index is -0.0000000312. The average Bonchev–Trinajstić information content (AvgIpc) is 1.76. The molecule has 0 aromatic rings. The van der Waals surface area contributed by atoms with Crippen LogP contribution in [-0.4, -0.2) is 67.0 Å². The van der Waals surface area contributed by atoms with Gasteiger partial charge in [-0.3, -0.25) is 0 Å². The Morgan fingerprint density at radius 1 is 1.29 bits per heavy atom. The van der Waals surface area contributed by atoms with Gasteiger partial charge < -0.3 is 13.1 Å². The summed E-state index contributed by atoms with van der Waals surface area (Å²) in [7, 11) is 0. The molecule has 34 valence electrons. The third kappa shape index (κ3) is 5.74. The van der Waals surface area contributed by atoms with Crippen molar-refractivity contribution in [1.29, 1.82) is 0 Å². The van der Waals surface area contributed by atoms with Crippen molar-refractivity contribution in [3.63, 3.8) is 0 Å². The number of hydrogen-bond acceptors (Lipinski definition) is 4. The monoisotopic (exact) mass is 142 g/mol. The largest absolute Gasteiger partial charge is 2.00 e. The van der Waals surface area contributed by atoms with Crippen molar-refractivity contribution >= 4 is 60.8 Å². The van der Waals surface area contributed by atoms with Crippen LogP contribution in [0.5, 0.6) is 0 Å². The second-order valence-corrected chi connectivity index (χ2v) is 0.667. The van der Waals surface area contributed by atoms with Crippen LogP contribution in [0.25, 0.3) is 0 Å². The van der Waals surface area contributed by atoms with Crippen LogP contribution in [-0.2, 0) is 9.78 Å². The molecule has 7 heavy (non-hydrogen) atoms. The summed E-state index contributed by atoms with van der Waals surface area (Å²) in [4.78, 5) is 6.57. The molecule has 0 saturated carbocycles. The predicted octanol–water partition coefficient (Wildman–Crippen LogP) is -3.26. The van der Waals surface area contributed by atoms with E-state index >= 15 is 0 Å². The Labute approximate surface area is 88.8 Å². The molecule has 0 unspecified atom stereocenters. The number of rotatable bonds is 0. The van der Waals surface area contributed by atoms with Crippen LogP contribution in [0.15, 0.2) is 0 Å². The van der Waals surface area contributed by atoms with Crippen LogP contribution in [0.4, 0.5) is 0 Å². The maximum atomic E-state index is 9.22. The van der Waals surface area contributed by atoms with Gasteiger partial charge in [-0.2, -0.15) is 0 Å². The Bertz CT molecular complexity index is 56.5. The normalized spacial score (nSPS) is 21.4. The Hall–Kier alpha value is 1.87. The van der Waals surface area contributed by atoms with Gasteiger partial charge in [0.05, 0.1) is 6.16 Å². The van der Waals surface area contributed by atoms with Gasteiger partial charge in [0.25, 0.3) is 0 Å². The van der Waals surface area contributed by atoms with Crippen molar-refractivity contribution in [2.24, 2.45) is 0 Å². The molecule has 0 aromatic carbocycles. The van der Waals surface area contributed by atoms with Crippen molar-refractivity contribution < 1.29 is 22.8 Å². The van der Waals surface area contributed by atoms with Crippen LogP contribution in [0, 0.1) is 0 Å². The van der Waals surface area contributed by atoms with E-state index in [2.05, 4.69) is 9.78 Å². The van der Waals surface area contributed by atoms with Gasteiger partial charge in [-0.25, -0.2) is 9.78 Å². The molecule has 0 spiro atoms. The summed E-state index contributed by atoms with van der Waals surface area (Å²) in [5.41, 5.74) is 0. The van der Waals surface area contributed by atoms with Gasteiger partial charge in [0.2, 0.25) is 0 Å². The average molecular weight is 142 g/mol. The van der Waals surface area contributed by atoms with Crippen LogP contribution >= 0.6 is 0 Å². The van der Waals surface area contributed by atoms with E-state index in [1.54, 1.807) is 0 Å². The van der Waals surface area contributed by atoms with Crippen molar-refractivity contribution in [1.82, 2.24) is 0 Å². The minimum absolute atomic E-state index is 0. The van der Waals surface area contributed by atoms with Crippen molar-refractivity contribution in [2.45, 2.75) is 6.16 Å². The smallest absolute Gasteiger partial charge is 1.00 e. The first-order chi connectivity index (χ1) is 2.21. The van der Waals surface area contributed by atoms with Crippen molar-refractivity contribution in [2.75, 3.05) is 0 Å². The van der Waals surface area contributed by atoms with Gasteiger partial charge in [0, 0.05) is 0 Å². The predicted molar refractivity (Wildman–Crippen MR) is 18.6 cm³/mol. The van der Waals surface area contributed by atoms with Crippen LogP contribution < -0.4 is 10.2 Å². The molecule has 1 fully saturated rings. The van der Waals surface area contributed by atoms with E-state index in [1.165, 1.54) is 0 Å². The van der Waals surface area contributed by atoms with E-state index < -0.39 is 6.16 Å². The van der Waals surface area contributed by atoms with Crippen LogP contribution in [0.2, 0.25) is 0 Å². The molecule has 1 saturated heterocycles. The molecule has 1 heterocycles. The molecule has 6 heteroatoms. The molecule has 4 nitrogen and oxygen atoms in total. The molecule has 1 rings (SSSR count). The molecule has 1 aliphatic heterocycles. The summed E-state index contributed by atoms with van der Waals surface area (Å²) in [5.74, 6) is 0. The van der Waals surface area contributed by atoms with E-state index in [4.69, 9.17) is 0 Å². The summed E-state index contributed by atoms with van der Waals surface area (Å²) in [6, 6.07) is 0. The van der Waals surface area contributed by atoms with Crippen molar-refractivity contribution in [3.8, 4) is 0 Å². The Kier molecular flexibility index (Phi) is 6.33. The third-order valence-corrected chi connectivity index (χ3v) is 0.219. The molecule has 0 radical (unpaired) electrons. The molecule has 0 amide bonds. The topological polar surface area (TPSA) is 71.2 Å². The van der Waals surface area contributed by atoms with E-state index in [-0.39, 0.29) is 63.6 Å². The molecule has 0 aromatic heterocycles. The second-order valence-electron chi connectivity index (χ2n) is 0.667. The van der Waals surface area contributed by atoms with Gasteiger partial charge in [0.1, 0.15) is 0 Å². The fourth-order valence-corrected chi connectivity index (χ4v) is 0.0340. The molecule has 0 N–H and O–H groups in total. The standard InChI is InChI=1S/CO4.Ca.Mg.2H/c2-1(3)4-5-1;;;;/q-2;2*+2;2*-1. The summed E-state index contributed by atoms with van der Waals surface area (Å²) in [5, 5.41) is 18.4. The van der Waals surface area contributed by atoms with Crippen LogP contribution in [0.3, 0.4) is 0 Å². The first kappa shape index (κ1) is 11.6. The maximum absolute atomic E-state index is 9.22. The zero-order valence-corrected chi connectivity index (χ0v) is 7.17. The van der Waals surface area contributed by atoms with Crippen molar-refractivity contribution in [3.05, 3.63) is 0 Å². The Morgan fingerprint density at radius 2 is 1.43 bits per heavy atom. The van der Waals surface area contributed by atoms with Gasteiger partial charge in [-0.15, -0.1) is 0 Å². The van der Waals surface area contributed by atoms with Gasteiger partial charge in [-0.05, 0) is 0 Å². The maximum Gasteiger partial charge on any atom is 2.00 e. The second kappa shape index (κ2) is 3.81. The molecular weight excluding hydrogens is 140 g/mol. The third-order valence-electron chi connectivity index (χ3n) is 0.219. The molecule has 1 aliphatic rings. The van der Waals surface area contributed by atoms with Gasteiger partial charge in [0.15, 0.2) is 0 Å². The molecule has 0 aliphatic carbocycles. The number of hydrogen-bond donors (Lipinski definition) is 0. The molecule has 0 bridgehead atoms. The first-order valence-corrected chi connectivity index (χ1v) is 0.983. The summed E-state index contributed by atoms with van der Waals surface area (Å²) in [6.07, 6.45) is -2.75. The zero-order valence-electron chi connectivity index (χ0n) is 5.55. The minimum atomic E-state index is -2.75. The zero-order chi connectivity index (χ0) is 3.91. The first-order valence-electron chi connectivity index (χ1n) is 0.983. The van der Waals surface area contributed by atoms with E-state index in [1.807, 2.05) is 0 Å². The van der Waals surface area contributed by atoms with E-state index in [9.17, 15) is 10.2 Å². The summed E-state index contributed by atoms with van der Waals surface area (Å²) in [6.45, 7) is 0. The summed E-state index contributed by atoms with van der Waals surface area (Å²) >= 11 is 0. The summed E-state index contributed by atoms with van der Waals surface area (Å²) < 4.78 is 0. The minimum Gasteiger partial charge on any atom is -1.00 e. The SMILES string of the molecule is [Ca+2].[H-].[H-].[Mg+2].[O-]C1([O-])OO1. The fraction of sp³-hybridized carbons (Fsp3) is 1.00. The quantitative estimate of drug-likeness (QED) is 0.154. The Morgan fingerprint density at radius 3 is 1.43 bits per heavy atom. The van der Waals surface area contributed by atoms with E-state index in [0.29, 0.717) is 0 Å². The van der Waals surface area contributed by atoms with Crippen LogP contribution in [0.1, 0.15) is 2.85 Å². The molecular formula is CH2CaMgO4.